The standard InChI is InChI=1S/C18H18FN5/c1-12-20-8-14-10-24(6-5-17(14)22-12)11-15-9-21-23-18(15)13-3-2-4-16(19)7-13/h2-4,7-9H,5-6,10-11H2,1H3,(H,21,23). The molecule has 1 aromatic carbocycles. The van der Waals surface area contributed by atoms with Crippen molar-refractivity contribution in [3.8, 4) is 11.3 Å². The summed E-state index contributed by atoms with van der Waals surface area (Å²) in [5.41, 5.74) is 5.09. The van der Waals surface area contributed by atoms with Crippen molar-refractivity contribution in [1.29, 1.82) is 0 Å². The van der Waals surface area contributed by atoms with Crippen LogP contribution in [-0.2, 0) is 19.5 Å². The van der Waals surface area contributed by atoms with Gasteiger partial charge in [0.25, 0.3) is 0 Å². The van der Waals surface area contributed by atoms with Crippen molar-refractivity contribution in [3.05, 3.63) is 65.1 Å². The Bertz CT molecular complexity index is 873. The van der Waals surface area contributed by atoms with Crippen LogP contribution in [-0.4, -0.2) is 31.6 Å². The van der Waals surface area contributed by atoms with Gasteiger partial charge in [-0.25, -0.2) is 14.4 Å². The summed E-state index contributed by atoms with van der Waals surface area (Å²) in [7, 11) is 0. The molecular weight excluding hydrogens is 305 g/mol. The van der Waals surface area contributed by atoms with Crippen LogP contribution in [0.3, 0.4) is 0 Å². The van der Waals surface area contributed by atoms with E-state index in [-0.39, 0.29) is 5.82 Å². The maximum atomic E-state index is 13.5. The molecule has 4 rings (SSSR count). The number of halogens is 1. The van der Waals surface area contributed by atoms with Gasteiger partial charge in [-0.3, -0.25) is 10.00 Å². The van der Waals surface area contributed by atoms with Gasteiger partial charge in [0.2, 0.25) is 0 Å². The van der Waals surface area contributed by atoms with Gasteiger partial charge in [0.05, 0.1) is 11.9 Å². The van der Waals surface area contributed by atoms with Gasteiger partial charge < -0.3 is 0 Å². The molecule has 0 radical (unpaired) electrons. The number of hydrogen-bond donors (Lipinski definition) is 1. The first-order valence-electron chi connectivity index (χ1n) is 8.01. The summed E-state index contributed by atoms with van der Waals surface area (Å²) in [5.74, 6) is 0.581. The van der Waals surface area contributed by atoms with Gasteiger partial charge in [-0.05, 0) is 19.1 Å². The zero-order chi connectivity index (χ0) is 16.5. The zero-order valence-electron chi connectivity index (χ0n) is 13.5. The monoisotopic (exact) mass is 323 g/mol. The van der Waals surface area contributed by atoms with E-state index in [4.69, 9.17) is 0 Å². The van der Waals surface area contributed by atoms with Gasteiger partial charge in [0, 0.05) is 54.6 Å². The van der Waals surface area contributed by atoms with Crippen LogP contribution >= 0.6 is 0 Å². The molecule has 0 bridgehead atoms. The van der Waals surface area contributed by atoms with Gasteiger partial charge in [-0.2, -0.15) is 5.10 Å². The van der Waals surface area contributed by atoms with Crippen LogP contribution in [0.4, 0.5) is 4.39 Å². The predicted octanol–water partition coefficient (Wildman–Crippen LogP) is 2.87. The molecular formula is C18H18FN5. The second kappa shape index (κ2) is 6.13. The Morgan fingerprint density at radius 1 is 1.29 bits per heavy atom. The molecule has 0 amide bonds. The van der Waals surface area contributed by atoms with E-state index in [1.54, 1.807) is 6.07 Å². The fourth-order valence-corrected chi connectivity index (χ4v) is 3.18. The highest BCUT2D eigenvalue weighted by Crippen LogP contribution is 2.25. The van der Waals surface area contributed by atoms with Crippen LogP contribution in [0.1, 0.15) is 22.6 Å². The summed E-state index contributed by atoms with van der Waals surface area (Å²) in [5, 5.41) is 7.15. The summed E-state index contributed by atoms with van der Waals surface area (Å²) in [4.78, 5) is 11.2. The highest BCUT2D eigenvalue weighted by Gasteiger charge is 2.20. The highest BCUT2D eigenvalue weighted by molar-refractivity contribution is 5.62. The third-order valence-corrected chi connectivity index (χ3v) is 4.36. The Hall–Kier alpha value is -2.60. The maximum absolute atomic E-state index is 13.5. The van der Waals surface area contributed by atoms with Gasteiger partial charge in [-0.15, -0.1) is 0 Å². The fourth-order valence-electron chi connectivity index (χ4n) is 3.18. The topological polar surface area (TPSA) is 57.7 Å². The van der Waals surface area contributed by atoms with Crippen molar-refractivity contribution in [3.63, 3.8) is 0 Å². The first kappa shape index (κ1) is 15.0. The number of H-pyrrole nitrogens is 1. The summed E-state index contributed by atoms with van der Waals surface area (Å²) >= 11 is 0. The lowest BCUT2D eigenvalue weighted by atomic mass is 10.0. The third-order valence-electron chi connectivity index (χ3n) is 4.36. The molecule has 3 heterocycles. The summed E-state index contributed by atoms with van der Waals surface area (Å²) in [6.45, 7) is 4.44. The number of aromatic amines is 1. The molecule has 0 saturated carbocycles. The van der Waals surface area contributed by atoms with Crippen molar-refractivity contribution in [2.24, 2.45) is 0 Å². The number of hydrogen-bond acceptors (Lipinski definition) is 4. The highest BCUT2D eigenvalue weighted by atomic mass is 19.1. The van der Waals surface area contributed by atoms with Crippen molar-refractivity contribution >= 4 is 0 Å². The van der Waals surface area contributed by atoms with E-state index in [1.807, 2.05) is 25.4 Å². The minimum absolute atomic E-state index is 0.243. The maximum Gasteiger partial charge on any atom is 0.125 e. The fraction of sp³-hybridized carbons (Fsp3) is 0.278. The van der Waals surface area contributed by atoms with Crippen LogP contribution in [0, 0.1) is 12.7 Å². The number of nitrogens with zero attached hydrogens (tertiary/aromatic N) is 4. The molecule has 2 aromatic heterocycles. The number of nitrogens with one attached hydrogen (secondary N) is 1. The first-order valence-corrected chi connectivity index (χ1v) is 8.01. The molecule has 0 spiro atoms. The number of benzene rings is 1. The minimum atomic E-state index is -0.243. The van der Waals surface area contributed by atoms with Gasteiger partial charge >= 0.3 is 0 Å². The van der Waals surface area contributed by atoms with E-state index in [1.165, 1.54) is 17.7 Å². The van der Waals surface area contributed by atoms with Crippen LogP contribution < -0.4 is 0 Å². The summed E-state index contributed by atoms with van der Waals surface area (Å²) in [6, 6.07) is 6.58. The minimum Gasteiger partial charge on any atom is -0.294 e. The Labute approximate surface area is 139 Å². The molecule has 0 aliphatic carbocycles. The van der Waals surface area contributed by atoms with E-state index in [0.717, 1.165) is 54.4 Å². The molecule has 5 nitrogen and oxygen atoms in total. The molecule has 0 saturated heterocycles. The van der Waals surface area contributed by atoms with Crippen LogP contribution in [0.5, 0.6) is 0 Å². The molecule has 1 N–H and O–H groups in total. The Balaban J connectivity index is 1.55. The van der Waals surface area contributed by atoms with Gasteiger partial charge in [-0.1, -0.05) is 12.1 Å². The molecule has 1 aliphatic heterocycles. The lowest BCUT2D eigenvalue weighted by Crippen LogP contribution is -2.31. The van der Waals surface area contributed by atoms with Crippen molar-refractivity contribution in [2.45, 2.75) is 26.4 Å². The number of aryl methyl sites for hydroxylation is 1. The Morgan fingerprint density at radius 2 is 2.21 bits per heavy atom. The van der Waals surface area contributed by atoms with Crippen LogP contribution in [0.2, 0.25) is 0 Å². The molecule has 1 aliphatic rings. The Morgan fingerprint density at radius 3 is 3.08 bits per heavy atom. The first-order chi connectivity index (χ1) is 11.7. The second-order valence-corrected chi connectivity index (χ2v) is 6.13. The van der Waals surface area contributed by atoms with Gasteiger partial charge in [0.15, 0.2) is 0 Å². The van der Waals surface area contributed by atoms with E-state index < -0.39 is 0 Å². The van der Waals surface area contributed by atoms with Crippen molar-refractivity contribution in [2.75, 3.05) is 6.54 Å². The van der Waals surface area contributed by atoms with E-state index >= 15 is 0 Å². The van der Waals surface area contributed by atoms with E-state index in [0.29, 0.717) is 0 Å². The molecule has 24 heavy (non-hydrogen) atoms. The number of rotatable bonds is 3. The van der Waals surface area contributed by atoms with Crippen molar-refractivity contribution in [1.82, 2.24) is 25.1 Å². The van der Waals surface area contributed by atoms with Crippen LogP contribution in [0.25, 0.3) is 11.3 Å². The average molecular weight is 323 g/mol. The summed E-state index contributed by atoms with van der Waals surface area (Å²) < 4.78 is 13.5. The molecule has 122 valence electrons. The van der Waals surface area contributed by atoms with Gasteiger partial charge in [0.1, 0.15) is 11.6 Å². The summed E-state index contributed by atoms with van der Waals surface area (Å²) in [6.07, 6.45) is 4.67. The lowest BCUT2D eigenvalue weighted by Gasteiger charge is -2.27. The third kappa shape index (κ3) is 2.92. The zero-order valence-corrected chi connectivity index (χ0v) is 13.5. The average Bonchev–Trinajstić information content (AvgIpc) is 3.03. The van der Waals surface area contributed by atoms with E-state index in [2.05, 4.69) is 25.1 Å². The molecule has 3 aromatic rings. The molecule has 0 atom stereocenters. The smallest absolute Gasteiger partial charge is 0.125 e. The normalized spacial score (nSPS) is 14.6. The SMILES string of the molecule is Cc1ncc2c(n1)CCN(Cc1cn[nH]c1-c1cccc(F)c1)C2. The predicted molar refractivity (Wildman–Crippen MR) is 88.6 cm³/mol. The van der Waals surface area contributed by atoms with Crippen LogP contribution in [0.15, 0.2) is 36.7 Å². The largest absolute Gasteiger partial charge is 0.294 e. The molecule has 0 unspecified atom stereocenters. The molecule has 6 heteroatoms. The number of fused-ring (bicyclic) bond motifs is 1. The number of aromatic nitrogens is 4. The second-order valence-electron chi connectivity index (χ2n) is 6.13. The van der Waals surface area contributed by atoms with Crippen molar-refractivity contribution < 1.29 is 4.39 Å². The van der Waals surface area contributed by atoms with E-state index in [9.17, 15) is 4.39 Å². The molecule has 0 fully saturated rings. The lowest BCUT2D eigenvalue weighted by molar-refractivity contribution is 0.243. The quantitative estimate of drug-likeness (QED) is 0.805. The Kier molecular flexibility index (Phi) is 3.82.